The second kappa shape index (κ2) is 5.34. The van der Waals surface area contributed by atoms with Crippen LogP contribution in [-0.2, 0) is 9.53 Å². The summed E-state index contributed by atoms with van der Waals surface area (Å²) in [6, 6.07) is 0. The van der Waals surface area contributed by atoms with Crippen molar-refractivity contribution in [1.82, 2.24) is 4.90 Å². The van der Waals surface area contributed by atoms with Crippen LogP contribution in [0.3, 0.4) is 0 Å². The van der Waals surface area contributed by atoms with Gasteiger partial charge in [-0.3, -0.25) is 4.79 Å². The molecule has 4 unspecified atom stereocenters. The van der Waals surface area contributed by atoms with E-state index >= 15 is 0 Å². The predicted molar refractivity (Wildman–Crippen MR) is 78.5 cm³/mol. The van der Waals surface area contributed by atoms with Gasteiger partial charge >= 0.3 is 6.18 Å². The quantitative estimate of drug-likeness (QED) is 0.801. The fraction of sp³-hybridized carbons (Fsp3) is 0.938. The third kappa shape index (κ3) is 2.38. The highest BCUT2D eigenvalue weighted by Crippen LogP contribution is 2.58. The van der Waals surface area contributed by atoms with Crippen LogP contribution in [0.25, 0.3) is 0 Å². The number of piperidine rings is 1. The zero-order valence-corrected chi connectivity index (χ0v) is 13.7. The molecule has 3 rings (SSSR count). The van der Waals surface area contributed by atoms with Crippen LogP contribution in [0.5, 0.6) is 0 Å². The third-order valence-electron chi connectivity index (χ3n) is 6.21. The average molecular weight is 334 g/mol. The van der Waals surface area contributed by atoms with Crippen LogP contribution in [-0.4, -0.2) is 48.3 Å². The Labute approximate surface area is 134 Å². The monoisotopic (exact) mass is 334 g/mol. The van der Waals surface area contributed by atoms with Crippen molar-refractivity contribution < 1.29 is 22.7 Å². The van der Waals surface area contributed by atoms with Gasteiger partial charge in [-0.2, -0.15) is 13.2 Å². The third-order valence-corrected chi connectivity index (χ3v) is 6.21. The van der Waals surface area contributed by atoms with E-state index in [9.17, 15) is 18.0 Å². The van der Waals surface area contributed by atoms with E-state index in [1.165, 1.54) is 4.90 Å². The Morgan fingerprint density at radius 1 is 1.26 bits per heavy atom. The van der Waals surface area contributed by atoms with Crippen molar-refractivity contribution in [2.45, 2.75) is 57.3 Å². The first kappa shape index (κ1) is 17.0. The molecular weight excluding hydrogens is 309 g/mol. The average Bonchev–Trinajstić information content (AvgIpc) is 2.52. The molecule has 0 aromatic heterocycles. The number of likely N-dealkylation sites (tertiary alicyclic amines) is 1. The Bertz CT molecular complexity index is 494. The van der Waals surface area contributed by atoms with Crippen LogP contribution >= 0.6 is 0 Å². The van der Waals surface area contributed by atoms with Gasteiger partial charge in [0.1, 0.15) is 5.54 Å². The Hall–Kier alpha value is -0.820. The molecule has 0 aromatic carbocycles. The molecular formula is C16H25F3N2O2. The summed E-state index contributed by atoms with van der Waals surface area (Å²) in [6.45, 7) is 4.54. The molecule has 2 heterocycles. The maximum atomic E-state index is 13.0. The number of carbonyl (C=O) groups excluding carboxylic acids is 1. The molecule has 4 nitrogen and oxygen atoms in total. The van der Waals surface area contributed by atoms with E-state index in [2.05, 4.69) is 0 Å². The van der Waals surface area contributed by atoms with Crippen molar-refractivity contribution in [3.63, 3.8) is 0 Å². The van der Waals surface area contributed by atoms with Gasteiger partial charge in [0.25, 0.3) is 0 Å². The van der Waals surface area contributed by atoms with E-state index < -0.39 is 23.0 Å². The lowest BCUT2D eigenvalue weighted by Crippen LogP contribution is -2.82. The molecule has 2 N–H and O–H groups in total. The molecule has 4 atom stereocenters. The van der Waals surface area contributed by atoms with Crippen LogP contribution in [0.1, 0.15) is 39.5 Å². The van der Waals surface area contributed by atoms with E-state index in [4.69, 9.17) is 10.5 Å². The summed E-state index contributed by atoms with van der Waals surface area (Å²) in [4.78, 5) is 14.4. The number of nitrogens with zero attached hydrogens (tertiary/aromatic N) is 1. The fourth-order valence-corrected chi connectivity index (χ4v) is 4.70. The van der Waals surface area contributed by atoms with Crippen LogP contribution < -0.4 is 5.73 Å². The van der Waals surface area contributed by atoms with Crippen LogP contribution in [0.4, 0.5) is 13.2 Å². The maximum Gasteiger partial charge on any atom is 0.393 e. The van der Waals surface area contributed by atoms with Crippen molar-refractivity contribution in [1.29, 1.82) is 0 Å². The van der Waals surface area contributed by atoms with Gasteiger partial charge < -0.3 is 15.4 Å². The van der Waals surface area contributed by atoms with Crippen LogP contribution in [0, 0.1) is 17.3 Å². The first-order valence-electron chi connectivity index (χ1n) is 8.36. The number of hydrogen-bond donors (Lipinski definition) is 1. The van der Waals surface area contributed by atoms with Gasteiger partial charge in [-0.15, -0.1) is 0 Å². The second-order valence-electron chi connectivity index (χ2n) is 7.76. The second-order valence-corrected chi connectivity index (χ2v) is 7.76. The lowest BCUT2D eigenvalue weighted by molar-refractivity contribution is -0.233. The van der Waals surface area contributed by atoms with Crippen molar-refractivity contribution in [3.8, 4) is 0 Å². The van der Waals surface area contributed by atoms with Gasteiger partial charge in [-0.05, 0) is 25.7 Å². The van der Waals surface area contributed by atoms with Gasteiger partial charge in [0.15, 0.2) is 0 Å². The standard InChI is InChI=1S/C16H25F3N2O2/c1-14(2)12-11(6-4-8-23-12)15(14,20)13(22)21-7-3-5-10(9-21)16(17,18)19/h10-12H,3-9,20H2,1-2H3. The zero-order chi connectivity index (χ0) is 17.0. The highest BCUT2D eigenvalue weighted by atomic mass is 19.4. The van der Waals surface area contributed by atoms with E-state index in [0.29, 0.717) is 19.6 Å². The summed E-state index contributed by atoms with van der Waals surface area (Å²) >= 11 is 0. The molecule has 0 aromatic rings. The number of carbonyl (C=O) groups is 1. The molecule has 0 radical (unpaired) electrons. The summed E-state index contributed by atoms with van der Waals surface area (Å²) in [7, 11) is 0. The number of halogens is 3. The first-order chi connectivity index (χ1) is 10.6. The summed E-state index contributed by atoms with van der Waals surface area (Å²) in [5.74, 6) is -1.86. The smallest absolute Gasteiger partial charge is 0.377 e. The van der Waals surface area contributed by atoms with Gasteiger partial charge in [-0.1, -0.05) is 13.8 Å². The van der Waals surface area contributed by atoms with E-state index in [1.54, 1.807) is 0 Å². The molecule has 132 valence electrons. The zero-order valence-electron chi connectivity index (χ0n) is 13.7. The van der Waals surface area contributed by atoms with Gasteiger partial charge in [0, 0.05) is 31.0 Å². The number of hydrogen-bond acceptors (Lipinski definition) is 3. The summed E-state index contributed by atoms with van der Waals surface area (Å²) in [5, 5.41) is 0. The number of alkyl halides is 3. The predicted octanol–water partition coefficient (Wildman–Crippen LogP) is 2.32. The number of amides is 1. The lowest BCUT2D eigenvalue weighted by Gasteiger charge is -2.66. The maximum absolute atomic E-state index is 13.0. The minimum absolute atomic E-state index is 0.0756. The minimum atomic E-state index is -4.26. The SMILES string of the molecule is CC1(C)C2OCCCC2C1(N)C(=O)N1CCCC(C(F)(F)F)C1. The highest BCUT2D eigenvalue weighted by molar-refractivity contribution is 5.89. The van der Waals surface area contributed by atoms with E-state index in [-0.39, 0.29) is 30.9 Å². The summed E-state index contributed by atoms with van der Waals surface area (Å²) in [6.07, 6.45) is -2.23. The highest BCUT2D eigenvalue weighted by Gasteiger charge is 2.71. The molecule has 0 bridgehead atoms. The largest absolute Gasteiger partial charge is 0.393 e. The minimum Gasteiger partial charge on any atom is -0.377 e. The topological polar surface area (TPSA) is 55.6 Å². The van der Waals surface area contributed by atoms with Crippen molar-refractivity contribution in [2.75, 3.05) is 19.7 Å². The van der Waals surface area contributed by atoms with Crippen molar-refractivity contribution in [2.24, 2.45) is 23.0 Å². The Balaban J connectivity index is 1.79. The summed E-state index contributed by atoms with van der Waals surface area (Å²) in [5.41, 5.74) is 4.84. The van der Waals surface area contributed by atoms with Gasteiger partial charge in [-0.25, -0.2) is 0 Å². The molecule has 3 aliphatic rings. The molecule has 1 aliphatic carbocycles. The Morgan fingerprint density at radius 2 is 1.96 bits per heavy atom. The normalized spacial score (nSPS) is 40.3. The molecule has 3 fully saturated rings. The number of nitrogens with two attached hydrogens (primary N) is 1. The molecule has 0 spiro atoms. The lowest BCUT2D eigenvalue weighted by atomic mass is 9.46. The van der Waals surface area contributed by atoms with Gasteiger partial charge in [0.05, 0.1) is 12.0 Å². The molecule has 1 saturated carbocycles. The molecule has 7 heteroatoms. The van der Waals surface area contributed by atoms with Gasteiger partial charge in [0.2, 0.25) is 5.91 Å². The van der Waals surface area contributed by atoms with Crippen molar-refractivity contribution in [3.05, 3.63) is 0 Å². The van der Waals surface area contributed by atoms with E-state index in [0.717, 1.165) is 12.8 Å². The molecule has 2 aliphatic heterocycles. The first-order valence-corrected chi connectivity index (χ1v) is 8.36. The van der Waals surface area contributed by atoms with E-state index in [1.807, 2.05) is 13.8 Å². The van der Waals surface area contributed by atoms with Crippen LogP contribution in [0.2, 0.25) is 0 Å². The molecule has 1 amide bonds. The number of rotatable bonds is 1. The Morgan fingerprint density at radius 3 is 2.61 bits per heavy atom. The van der Waals surface area contributed by atoms with Crippen LogP contribution in [0.15, 0.2) is 0 Å². The molecule has 23 heavy (non-hydrogen) atoms. The van der Waals surface area contributed by atoms with Crippen molar-refractivity contribution >= 4 is 5.91 Å². The number of ether oxygens (including phenoxy) is 1. The molecule has 2 saturated heterocycles. The number of fused-ring (bicyclic) bond motifs is 1. The Kier molecular flexibility index (Phi) is 3.95. The fourth-order valence-electron chi connectivity index (χ4n) is 4.70. The summed E-state index contributed by atoms with van der Waals surface area (Å²) < 4.78 is 44.8.